The summed E-state index contributed by atoms with van der Waals surface area (Å²) in [5.41, 5.74) is 8.57. The van der Waals surface area contributed by atoms with Crippen LogP contribution in [-0.4, -0.2) is 9.78 Å². The van der Waals surface area contributed by atoms with Crippen molar-refractivity contribution < 1.29 is 0 Å². The average molecular weight is 249 g/mol. The summed E-state index contributed by atoms with van der Waals surface area (Å²) in [5.74, 6) is 0. The molecule has 0 bridgehead atoms. The highest BCUT2D eigenvalue weighted by Crippen LogP contribution is 2.24. The molecule has 0 aliphatic rings. The van der Waals surface area contributed by atoms with Crippen molar-refractivity contribution in [1.82, 2.24) is 9.78 Å². The number of rotatable bonds is 4. The van der Waals surface area contributed by atoms with Crippen LogP contribution in [0.5, 0.6) is 0 Å². The van der Waals surface area contributed by atoms with Gasteiger partial charge in [-0.3, -0.25) is 4.68 Å². The van der Waals surface area contributed by atoms with Gasteiger partial charge in [0, 0.05) is 35.0 Å². The highest BCUT2D eigenvalue weighted by molar-refractivity contribution is 7.12. The molecule has 0 saturated carbocycles. The molecule has 3 nitrogen and oxygen atoms in total. The number of thiophene rings is 1. The lowest BCUT2D eigenvalue weighted by atomic mass is 10.1. The lowest BCUT2D eigenvalue weighted by molar-refractivity contribution is 0.644. The summed E-state index contributed by atoms with van der Waals surface area (Å²) in [5, 5.41) is 4.45. The van der Waals surface area contributed by atoms with Crippen molar-refractivity contribution in [3.05, 3.63) is 39.3 Å². The first-order valence-corrected chi connectivity index (χ1v) is 6.75. The highest BCUT2D eigenvalue weighted by Gasteiger charge is 2.12. The average Bonchev–Trinajstić information content (AvgIpc) is 2.86. The van der Waals surface area contributed by atoms with Gasteiger partial charge in [0.15, 0.2) is 0 Å². The Kier molecular flexibility index (Phi) is 3.64. The Labute approximate surface area is 106 Å². The van der Waals surface area contributed by atoms with E-state index in [1.54, 1.807) is 11.3 Å². The summed E-state index contributed by atoms with van der Waals surface area (Å²) in [6, 6.07) is 6.48. The molecule has 0 saturated heterocycles. The standard InChI is InChI=1S/C13H19N3S/c1-4-10-7-11(16(3)15-10)8-12(14)13-6-5-9(2)17-13/h5-7,12H,4,8,14H2,1-3H3. The minimum atomic E-state index is 0.0776. The molecule has 1 unspecified atom stereocenters. The lowest BCUT2D eigenvalue weighted by Gasteiger charge is -2.09. The van der Waals surface area contributed by atoms with Crippen molar-refractivity contribution in [3.8, 4) is 0 Å². The van der Waals surface area contributed by atoms with Crippen LogP contribution >= 0.6 is 11.3 Å². The first-order chi connectivity index (χ1) is 8.10. The molecule has 2 N–H and O–H groups in total. The summed E-state index contributed by atoms with van der Waals surface area (Å²) in [7, 11) is 1.99. The summed E-state index contributed by atoms with van der Waals surface area (Å²) in [6.07, 6.45) is 1.82. The van der Waals surface area contributed by atoms with Gasteiger partial charge in [-0.15, -0.1) is 11.3 Å². The predicted molar refractivity (Wildman–Crippen MR) is 72.3 cm³/mol. The first-order valence-electron chi connectivity index (χ1n) is 5.94. The third-order valence-electron chi connectivity index (χ3n) is 2.95. The molecule has 2 heterocycles. The molecule has 1 atom stereocenters. The minimum Gasteiger partial charge on any atom is -0.323 e. The Bertz CT molecular complexity index is 498. The predicted octanol–water partition coefficient (Wildman–Crippen LogP) is 2.59. The second kappa shape index (κ2) is 5.02. The topological polar surface area (TPSA) is 43.8 Å². The molecule has 2 rings (SSSR count). The van der Waals surface area contributed by atoms with Crippen LogP contribution in [0.3, 0.4) is 0 Å². The van der Waals surface area contributed by atoms with Crippen molar-refractivity contribution in [3.63, 3.8) is 0 Å². The number of aryl methyl sites for hydroxylation is 3. The molecule has 92 valence electrons. The van der Waals surface area contributed by atoms with E-state index in [1.165, 1.54) is 15.4 Å². The molecule has 0 spiro atoms. The van der Waals surface area contributed by atoms with Gasteiger partial charge in [0.05, 0.1) is 5.69 Å². The second-order valence-corrected chi connectivity index (χ2v) is 5.68. The van der Waals surface area contributed by atoms with E-state index >= 15 is 0 Å². The van der Waals surface area contributed by atoms with Gasteiger partial charge in [-0.05, 0) is 31.5 Å². The van der Waals surface area contributed by atoms with Crippen molar-refractivity contribution >= 4 is 11.3 Å². The van der Waals surface area contributed by atoms with Crippen LogP contribution in [0.25, 0.3) is 0 Å². The van der Waals surface area contributed by atoms with E-state index in [4.69, 9.17) is 5.73 Å². The molecule has 0 aliphatic carbocycles. The highest BCUT2D eigenvalue weighted by atomic mass is 32.1. The van der Waals surface area contributed by atoms with Crippen molar-refractivity contribution in [2.24, 2.45) is 12.8 Å². The van der Waals surface area contributed by atoms with E-state index in [9.17, 15) is 0 Å². The maximum absolute atomic E-state index is 6.23. The Morgan fingerprint density at radius 2 is 2.24 bits per heavy atom. The summed E-state index contributed by atoms with van der Waals surface area (Å²) < 4.78 is 1.94. The molecule has 2 aromatic heterocycles. The van der Waals surface area contributed by atoms with Gasteiger partial charge in [-0.1, -0.05) is 6.92 Å². The smallest absolute Gasteiger partial charge is 0.0624 e. The number of hydrogen-bond acceptors (Lipinski definition) is 3. The van der Waals surface area contributed by atoms with Crippen LogP contribution in [0.2, 0.25) is 0 Å². The first kappa shape index (κ1) is 12.3. The summed E-state index contributed by atoms with van der Waals surface area (Å²) in [4.78, 5) is 2.57. The van der Waals surface area contributed by atoms with Crippen LogP contribution in [0.15, 0.2) is 18.2 Å². The van der Waals surface area contributed by atoms with Gasteiger partial charge in [-0.2, -0.15) is 5.10 Å². The summed E-state index contributed by atoms with van der Waals surface area (Å²) in [6.45, 7) is 4.23. The third-order valence-corrected chi connectivity index (χ3v) is 4.08. The van der Waals surface area contributed by atoms with Crippen LogP contribution in [0, 0.1) is 6.92 Å². The molecule has 0 aliphatic heterocycles. The lowest BCUT2D eigenvalue weighted by Crippen LogP contribution is -2.14. The fraction of sp³-hybridized carbons (Fsp3) is 0.462. The van der Waals surface area contributed by atoms with Gasteiger partial charge in [0.25, 0.3) is 0 Å². The van der Waals surface area contributed by atoms with E-state index in [0.717, 1.165) is 18.5 Å². The molecular weight excluding hydrogens is 230 g/mol. The molecule has 0 fully saturated rings. The van der Waals surface area contributed by atoms with E-state index in [2.05, 4.69) is 37.1 Å². The van der Waals surface area contributed by atoms with Gasteiger partial charge in [0.1, 0.15) is 0 Å². The molecule has 4 heteroatoms. The zero-order chi connectivity index (χ0) is 12.4. The Balaban J connectivity index is 2.12. The van der Waals surface area contributed by atoms with Crippen LogP contribution in [0.1, 0.15) is 34.1 Å². The number of nitrogens with two attached hydrogens (primary N) is 1. The third kappa shape index (κ3) is 2.76. The Morgan fingerprint density at radius 1 is 1.47 bits per heavy atom. The molecule has 0 amide bonds. The molecule has 2 aromatic rings. The number of nitrogens with zero attached hydrogens (tertiary/aromatic N) is 2. The van der Waals surface area contributed by atoms with Crippen molar-refractivity contribution in [2.45, 2.75) is 32.7 Å². The van der Waals surface area contributed by atoms with E-state index in [-0.39, 0.29) is 6.04 Å². The van der Waals surface area contributed by atoms with E-state index in [0.29, 0.717) is 0 Å². The fourth-order valence-corrected chi connectivity index (χ4v) is 2.79. The van der Waals surface area contributed by atoms with Crippen molar-refractivity contribution in [2.75, 3.05) is 0 Å². The van der Waals surface area contributed by atoms with Gasteiger partial charge in [0.2, 0.25) is 0 Å². The summed E-state index contributed by atoms with van der Waals surface area (Å²) >= 11 is 1.78. The zero-order valence-electron chi connectivity index (χ0n) is 10.6. The number of hydrogen-bond donors (Lipinski definition) is 1. The van der Waals surface area contributed by atoms with Crippen LogP contribution in [-0.2, 0) is 19.9 Å². The Morgan fingerprint density at radius 3 is 2.76 bits per heavy atom. The fourth-order valence-electron chi connectivity index (χ4n) is 1.91. The largest absolute Gasteiger partial charge is 0.323 e. The van der Waals surface area contributed by atoms with Gasteiger partial charge in [-0.25, -0.2) is 0 Å². The maximum Gasteiger partial charge on any atom is 0.0624 e. The van der Waals surface area contributed by atoms with Crippen LogP contribution < -0.4 is 5.73 Å². The van der Waals surface area contributed by atoms with Gasteiger partial charge < -0.3 is 5.73 Å². The van der Waals surface area contributed by atoms with Crippen LogP contribution in [0.4, 0.5) is 0 Å². The SMILES string of the molecule is CCc1cc(CC(N)c2ccc(C)s2)n(C)n1. The molecular formula is C13H19N3S. The molecule has 0 aromatic carbocycles. The van der Waals surface area contributed by atoms with Gasteiger partial charge >= 0.3 is 0 Å². The second-order valence-electron chi connectivity index (χ2n) is 4.36. The molecule has 0 radical (unpaired) electrons. The molecule has 17 heavy (non-hydrogen) atoms. The van der Waals surface area contributed by atoms with E-state index < -0.39 is 0 Å². The maximum atomic E-state index is 6.23. The van der Waals surface area contributed by atoms with E-state index in [1.807, 2.05) is 11.7 Å². The number of aromatic nitrogens is 2. The quantitative estimate of drug-likeness (QED) is 0.905. The monoisotopic (exact) mass is 249 g/mol. The van der Waals surface area contributed by atoms with Crippen molar-refractivity contribution in [1.29, 1.82) is 0 Å². The zero-order valence-corrected chi connectivity index (χ0v) is 11.4. The Hall–Kier alpha value is -1.13. The normalized spacial score (nSPS) is 12.9. The minimum absolute atomic E-state index is 0.0776.